The molecule has 0 aliphatic heterocycles. The van der Waals surface area contributed by atoms with Crippen LogP contribution in [0, 0.1) is 11.3 Å². The zero-order valence-corrected chi connectivity index (χ0v) is 16.2. The molecular weight excluding hydrogens is 370 g/mol. The van der Waals surface area contributed by atoms with E-state index in [0.717, 1.165) is 0 Å². The molecule has 0 fully saturated rings. The minimum atomic E-state index is -0.271. The van der Waals surface area contributed by atoms with Crippen molar-refractivity contribution in [2.75, 3.05) is 13.7 Å². The van der Waals surface area contributed by atoms with E-state index in [-0.39, 0.29) is 17.5 Å². The van der Waals surface area contributed by atoms with Gasteiger partial charge in [0.05, 0.1) is 22.8 Å². The largest absolute Gasteiger partial charge is 0.385 e. The molecule has 1 aromatic carbocycles. The summed E-state index contributed by atoms with van der Waals surface area (Å²) in [5.74, 6) is 0.142. The lowest BCUT2D eigenvalue weighted by atomic mass is 10.1. The van der Waals surface area contributed by atoms with E-state index in [4.69, 9.17) is 10.00 Å². The SMILES string of the molecule is COCC[C@@H](C)NC(=O)c1ccc(-n2[nH]cc(-c3ccc(C#N)cc3)c2=O)nc1. The number of H-pyrrole nitrogens is 1. The van der Waals surface area contributed by atoms with Crippen LogP contribution in [0.5, 0.6) is 0 Å². The fourth-order valence-electron chi connectivity index (χ4n) is 2.80. The molecule has 0 aliphatic rings. The van der Waals surface area contributed by atoms with E-state index in [1.165, 1.54) is 10.9 Å². The number of aromatic amines is 1. The normalized spacial score (nSPS) is 11.6. The number of methoxy groups -OCH3 is 1. The summed E-state index contributed by atoms with van der Waals surface area (Å²) < 4.78 is 6.31. The van der Waals surface area contributed by atoms with Crippen LogP contribution < -0.4 is 10.9 Å². The Kier molecular flexibility index (Phi) is 6.22. The monoisotopic (exact) mass is 391 g/mol. The van der Waals surface area contributed by atoms with E-state index in [0.29, 0.717) is 41.1 Å². The average molecular weight is 391 g/mol. The summed E-state index contributed by atoms with van der Waals surface area (Å²) in [5, 5.41) is 14.7. The van der Waals surface area contributed by atoms with Crippen molar-refractivity contribution in [2.45, 2.75) is 19.4 Å². The number of nitriles is 1. The molecule has 8 heteroatoms. The maximum Gasteiger partial charge on any atom is 0.280 e. The molecule has 3 rings (SSSR count). The van der Waals surface area contributed by atoms with E-state index in [1.54, 1.807) is 49.7 Å². The van der Waals surface area contributed by atoms with Gasteiger partial charge in [0, 0.05) is 32.2 Å². The average Bonchev–Trinajstić information content (AvgIpc) is 3.13. The number of pyridine rings is 1. The Bertz CT molecular complexity index is 1080. The van der Waals surface area contributed by atoms with Crippen molar-refractivity contribution in [3.8, 4) is 23.0 Å². The lowest BCUT2D eigenvalue weighted by molar-refractivity contribution is 0.0929. The molecule has 0 unspecified atom stereocenters. The second-order valence-corrected chi connectivity index (χ2v) is 6.58. The van der Waals surface area contributed by atoms with Crippen LogP contribution in [0.25, 0.3) is 16.9 Å². The molecule has 0 bridgehead atoms. The minimum Gasteiger partial charge on any atom is -0.385 e. The Labute approximate surface area is 167 Å². The van der Waals surface area contributed by atoms with Gasteiger partial charge in [0.1, 0.15) is 0 Å². The fraction of sp³-hybridized carbons (Fsp3) is 0.238. The number of hydrogen-bond donors (Lipinski definition) is 2. The van der Waals surface area contributed by atoms with E-state index < -0.39 is 0 Å². The summed E-state index contributed by atoms with van der Waals surface area (Å²) in [6.45, 7) is 2.47. The molecular formula is C21H21N5O3. The van der Waals surface area contributed by atoms with Gasteiger partial charge in [-0.1, -0.05) is 12.1 Å². The van der Waals surface area contributed by atoms with Crippen LogP contribution in [-0.4, -0.2) is 40.4 Å². The number of aromatic nitrogens is 3. The molecule has 1 amide bonds. The Morgan fingerprint density at radius 2 is 2.07 bits per heavy atom. The van der Waals surface area contributed by atoms with Crippen molar-refractivity contribution in [3.05, 3.63) is 70.3 Å². The molecule has 2 N–H and O–H groups in total. The quantitative estimate of drug-likeness (QED) is 0.641. The number of nitrogens with zero attached hydrogens (tertiary/aromatic N) is 3. The van der Waals surface area contributed by atoms with E-state index in [2.05, 4.69) is 15.4 Å². The van der Waals surface area contributed by atoms with Gasteiger partial charge < -0.3 is 10.1 Å². The van der Waals surface area contributed by atoms with Crippen molar-refractivity contribution in [2.24, 2.45) is 0 Å². The van der Waals surface area contributed by atoms with Gasteiger partial charge in [-0.3, -0.25) is 14.7 Å². The zero-order valence-electron chi connectivity index (χ0n) is 16.2. The van der Waals surface area contributed by atoms with Crippen molar-refractivity contribution in [3.63, 3.8) is 0 Å². The summed E-state index contributed by atoms with van der Waals surface area (Å²) in [5.41, 5.74) is 1.82. The first-order valence-electron chi connectivity index (χ1n) is 9.10. The topological polar surface area (TPSA) is 113 Å². The van der Waals surface area contributed by atoms with Gasteiger partial charge in [-0.05, 0) is 43.2 Å². The number of benzene rings is 1. The van der Waals surface area contributed by atoms with Gasteiger partial charge in [0.2, 0.25) is 0 Å². The molecule has 0 saturated carbocycles. The Hall–Kier alpha value is -3.70. The number of rotatable bonds is 7. The fourth-order valence-corrected chi connectivity index (χ4v) is 2.80. The van der Waals surface area contributed by atoms with Crippen molar-refractivity contribution < 1.29 is 9.53 Å². The van der Waals surface area contributed by atoms with Gasteiger partial charge in [0.25, 0.3) is 11.5 Å². The highest BCUT2D eigenvalue weighted by atomic mass is 16.5. The Morgan fingerprint density at radius 1 is 1.31 bits per heavy atom. The Balaban J connectivity index is 1.76. The molecule has 0 radical (unpaired) electrons. The standard InChI is InChI=1S/C21H21N5O3/c1-14(9-10-29-2)25-20(27)17-7-8-19(23-12-17)26-21(28)18(13-24-26)16-5-3-15(11-22)4-6-16/h3-8,12-14,24H,9-10H2,1-2H3,(H,25,27)/t14-/m1/s1. The van der Waals surface area contributed by atoms with Gasteiger partial charge >= 0.3 is 0 Å². The first-order chi connectivity index (χ1) is 14.0. The molecule has 1 atom stereocenters. The highest BCUT2D eigenvalue weighted by Gasteiger charge is 2.13. The van der Waals surface area contributed by atoms with Crippen molar-refractivity contribution in [1.82, 2.24) is 20.1 Å². The lowest BCUT2D eigenvalue weighted by Crippen LogP contribution is -2.33. The Morgan fingerprint density at radius 3 is 2.69 bits per heavy atom. The molecule has 2 aromatic heterocycles. The third-order valence-electron chi connectivity index (χ3n) is 4.47. The van der Waals surface area contributed by atoms with Crippen LogP contribution in [0.15, 0.2) is 53.6 Å². The predicted molar refractivity (Wildman–Crippen MR) is 108 cm³/mol. The van der Waals surface area contributed by atoms with Crippen molar-refractivity contribution in [1.29, 1.82) is 5.26 Å². The van der Waals surface area contributed by atoms with Gasteiger partial charge in [-0.25, -0.2) is 9.67 Å². The van der Waals surface area contributed by atoms with Gasteiger partial charge in [-0.2, -0.15) is 5.26 Å². The number of ether oxygens (including phenoxy) is 1. The molecule has 0 saturated heterocycles. The number of carbonyl (C=O) groups is 1. The summed E-state index contributed by atoms with van der Waals surface area (Å²) in [7, 11) is 1.62. The third kappa shape index (κ3) is 4.59. The zero-order chi connectivity index (χ0) is 20.8. The number of hydrogen-bond acceptors (Lipinski definition) is 5. The smallest absolute Gasteiger partial charge is 0.280 e. The second kappa shape index (κ2) is 8.99. The minimum absolute atomic E-state index is 0.0249. The van der Waals surface area contributed by atoms with Crippen LogP contribution in [0.1, 0.15) is 29.3 Å². The maximum absolute atomic E-state index is 12.7. The second-order valence-electron chi connectivity index (χ2n) is 6.58. The molecule has 3 aromatic rings. The number of carbonyl (C=O) groups excluding carboxylic acids is 1. The van der Waals surface area contributed by atoms with E-state index in [1.807, 2.05) is 13.0 Å². The first-order valence-corrected chi connectivity index (χ1v) is 9.10. The number of amides is 1. The maximum atomic E-state index is 12.7. The van der Waals surface area contributed by atoms with E-state index in [9.17, 15) is 9.59 Å². The van der Waals surface area contributed by atoms with Crippen molar-refractivity contribution >= 4 is 5.91 Å². The molecule has 29 heavy (non-hydrogen) atoms. The highest BCUT2D eigenvalue weighted by molar-refractivity contribution is 5.94. The van der Waals surface area contributed by atoms with E-state index >= 15 is 0 Å². The molecule has 148 valence electrons. The molecule has 0 aliphatic carbocycles. The molecule has 8 nitrogen and oxygen atoms in total. The summed E-state index contributed by atoms with van der Waals surface area (Å²) in [6, 6.07) is 12.0. The van der Waals surface area contributed by atoms with Crippen LogP contribution in [-0.2, 0) is 4.74 Å². The lowest BCUT2D eigenvalue weighted by Gasteiger charge is -2.13. The van der Waals surface area contributed by atoms with Gasteiger partial charge in [0.15, 0.2) is 5.82 Å². The predicted octanol–water partition coefficient (Wildman–Crippen LogP) is 2.25. The summed E-state index contributed by atoms with van der Waals surface area (Å²) in [4.78, 5) is 29.2. The number of nitrogens with one attached hydrogen (secondary N) is 2. The first kappa shape index (κ1) is 20.0. The van der Waals surface area contributed by atoms with Gasteiger partial charge in [-0.15, -0.1) is 0 Å². The highest BCUT2D eigenvalue weighted by Crippen LogP contribution is 2.16. The molecule has 2 heterocycles. The summed E-state index contributed by atoms with van der Waals surface area (Å²) in [6.07, 6.45) is 3.73. The van der Waals surface area contributed by atoms with Crippen LogP contribution >= 0.6 is 0 Å². The van der Waals surface area contributed by atoms with Crippen LogP contribution in [0.4, 0.5) is 0 Å². The van der Waals surface area contributed by atoms with Crippen LogP contribution in [0.2, 0.25) is 0 Å². The third-order valence-corrected chi connectivity index (χ3v) is 4.47. The molecule has 0 spiro atoms. The summed E-state index contributed by atoms with van der Waals surface area (Å²) >= 11 is 0. The van der Waals surface area contributed by atoms with Crippen LogP contribution in [0.3, 0.4) is 0 Å².